The Kier molecular flexibility index (Phi) is 8.83. The van der Waals surface area contributed by atoms with Crippen LogP contribution in [0.2, 0.25) is 18.6 Å². The molecular formula is C36H41N3O7Si. The number of aliphatic hydroxyl groups excluding tert-OH is 1. The number of anilines is 3. The molecule has 3 heterocycles. The van der Waals surface area contributed by atoms with Crippen LogP contribution in [0, 0.1) is 5.92 Å². The van der Waals surface area contributed by atoms with Gasteiger partial charge in [-0.1, -0.05) is 55.5 Å². The second kappa shape index (κ2) is 12.7. The van der Waals surface area contributed by atoms with Gasteiger partial charge in [-0.15, -0.1) is 6.58 Å². The van der Waals surface area contributed by atoms with E-state index in [9.17, 15) is 24.3 Å². The summed E-state index contributed by atoms with van der Waals surface area (Å²) in [4.78, 5) is 58.2. The maximum Gasteiger partial charge on any atom is 0.269 e. The first kappa shape index (κ1) is 32.6. The largest absolute Gasteiger partial charge is 0.482 e. The minimum Gasteiger partial charge on any atom is -0.482 e. The predicted octanol–water partition coefficient (Wildman–Crippen LogP) is 4.49. The molecule has 0 bridgehead atoms. The van der Waals surface area contributed by atoms with Gasteiger partial charge in [0, 0.05) is 42.3 Å². The second-order valence-electron chi connectivity index (χ2n) is 13.0. The number of benzene rings is 3. The Bertz CT molecular complexity index is 1690. The maximum atomic E-state index is 14.6. The van der Waals surface area contributed by atoms with Crippen molar-refractivity contribution in [2.24, 2.45) is 5.92 Å². The first-order chi connectivity index (χ1) is 22.5. The van der Waals surface area contributed by atoms with Crippen LogP contribution in [0.4, 0.5) is 17.1 Å². The van der Waals surface area contributed by atoms with Crippen molar-refractivity contribution in [3.63, 3.8) is 0 Å². The van der Waals surface area contributed by atoms with E-state index in [4.69, 9.17) is 9.47 Å². The Labute approximate surface area is 275 Å². The normalized spacial score (nSPS) is 23.5. The van der Waals surface area contributed by atoms with Gasteiger partial charge in [0.25, 0.3) is 11.8 Å². The van der Waals surface area contributed by atoms with Gasteiger partial charge in [-0.05, 0) is 49.0 Å². The molecule has 246 valence electrons. The summed E-state index contributed by atoms with van der Waals surface area (Å²) in [6.07, 6.45) is 0.811. The average Bonchev–Trinajstić information content (AvgIpc) is 3.47. The quantitative estimate of drug-likeness (QED) is 0.244. The van der Waals surface area contributed by atoms with Crippen molar-refractivity contribution in [1.82, 2.24) is 4.90 Å². The molecule has 1 saturated heterocycles. The van der Waals surface area contributed by atoms with Gasteiger partial charge in [0.2, 0.25) is 5.91 Å². The molecule has 3 amide bonds. The lowest BCUT2D eigenvalue weighted by atomic mass is 9.82. The monoisotopic (exact) mass is 655 g/mol. The fourth-order valence-electron chi connectivity index (χ4n) is 7.62. The lowest BCUT2D eigenvalue weighted by Crippen LogP contribution is -2.46. The third-order valence-electron chi connectivity index (χ3n) is 9.56. The van der Waals surface area contributed by atoms with Crippen LogP contribution in [0.15, 0.2) is 85.5 Å². The zero-order valence-electron chi connectivity index (χ0n) is 27.0. The van der Waals surface area contributed by atoms with E-state index in [1.54, 1.807) is 32.9 Å². The van der Waals surface area contributed by atoms with E-state index in [0.717, 1.165) is 5.56 Å². The minimum atomic E-state index is -3.05. The molecule has 0 radical (unpaired) electrons. The molecular weight excluding hydrogens is 614 g/mol. The van der Waals surface area contributed by atoms with Crippen LogP contribution in [0.1, 0.15) is 24.5 Å². The van der Waals surface area contributed by atoms with E-state index in [1.165, 1.54) is 0 Å². The Morgan fingerprint density at radius 2 is 1.81 bits per heavy atom. The van der Waals surface area contributed by atoms with Crippen molar-refractivity contribution < 1.29 is 33.8 Å². The van der Waals surface area contributed by atoms with Gasteiger partial charge in [-0.25, -0.2) is 0 Å². The summed E-state index contributed by atoms with van der Waals surface area (Å²) in [5.74, 6) is -0.708. The van der Waals surface area contributed by atoms with E-state index in [2.05, 4.69) is 6.58 Å². The first-order valence-electron chi connectivity index (χ1n) is 16.0. The van der Waals surface area contributed by atoms with Crippen LogP contribution >= 0.6 is 0 Å². The van der Waals surface area contributed by atoms with Gasteiger partial charge < -0.3 is 29.2 Å². The highest BCUT2D eigenvalue weighted by Crippen LogP contribution is 2.60. The average molecular weight is 656 g/mol. The van der Waals surface area contributed by atoms with Crippen molar-refractivity contribution in [3.05, 3.63) is 96.6 Å². The van der Waals surface area contributed by atoms with Crippen molar-refractivity contribution >= 4 is 43.1 Å². The third-order valence-corrected chi connectivity index (χ3v) is 12.1. The fourth-order valence-corrected chi connectivity index (χ4v) is 10.2. The summed E-state index contributed by atoms with van der Waals surface area (Å²) in [6.45, 7) is 9.75. The highest BCUT2D eigenvalue weighted by molar-refractivity contribution is 6.71. The number of fused-ring (bicyclic) bond motifs is 3. The number of ether oxygens (including phenoxy) is 2. The molecule has 11 heteroatoms. The lowest BCUT2D eigenvalue weighted by molar-refractivity contribution is -0.149. The summed E-state index contributed by atoms with van der Waals surface area (Å²) in [6, 6.07) is 22.3. The van der Waals surface area contributed by atoms with E-state index in [0.29, 0.717) is 34.9 Å². The van der Waals surface area contributed by atoms with Gasteiger partial charge in [-0.2, -0.15) is 0 Å². The maximum absolute atomic E-state index is 14.6. The number of carbonyl (C=O) groups is 3. The van der Waals surface area contributed by atoms with Gasteiger partial charge in [0.1, 0.15) is 5.75 Å². The summed E-state index contributed by atoms with van der Waals surface area (Å²) >= 11 is 0. The summed E-state index contributed by atoms with van der Waals surface area (Å²) in [5, 5.41) is 9.80. The third kappa shape index (κ3) is 5.67. The molecule has 0 saturated carbocycles. The molecule has 47 heavy (non-hydrogen) atoms. The molecule has 0 aliphatic carbocycles. The Hall–Kier alpha value is -4.29. The molecule has 0 aromatic heterocycles. The fraction of sp³-hybridized carbons (Fsp3) is 0.361. The van der Waals surface area contributed by atoms with Gasteiger partial charge >= 0.3 is 0 Å². The molecule has 4 atom stereocenters. The summed E-state index contributed by atoms with van der Waals surface area (Å²) < 4.78 is 12.5. The predicted molar refractivity (Wildman–Crippen MR) is 181 cm³/mol. The number of hydrogen-bond donors (Lipinski definition) is 2. The second-order valence-corrected chi connectivity index (χ2v) is 17.0. The van der Waals surface area contributed by atoms with Crippen molar-refractivity contribution in [2.45, 2.75) is 50.2 Å². The zero-order valence-corrected chi connectivity index (χ0v) is 28.0. The first-order valence-corrected chi connectivity index (χ1v) is 19.0. The van der Waals surface area contributed by atoms with Crippen LogP contribution in [-0.2, 0) is 31.3 Å². The molecule has 3 aliphatic heterocycles. The standard InChI is InChI=1S/C36H41N3O7Si/c1-5-17-38-28-16-15-26(39-29-13-9-10-14-30(29)45-23-33(39)42)20-27(28)36(35(38)43)24(2)34(47(3,4)44)31(46-36)21-32(41)37(18-19-40)22-25-11-7-6-8-12-25/h5-16,20,24,31,34,40,44H,1,17-19,21-23H2,2-4H3/t24-,31+,34-,36+/m1/s1. The molecule has 10 nitrogen and oxygen atoms in total. The van der Waals surface area contributed by atoms with Crippen LogP contribution in [0.3, 0.4) is 0 Å². The number of para-hydroxylation sites is 2. The minimum absolute atomic E-state index is 0.0698. The van der Waals surface area contributed by atoms with E-state index >= 15 is 0 Å². The smallest absolute Gasteiger partial charge is 0.269 e. The van der Waals surface area contributed by atoms with Crippen LogP contribution in [0.5, 0.6) is 5.75 Å². The number of hydrogen-bond acceptors (Lipinski definition) is 7. The Balaban J connectivity index is 1.41. The van der Waals surface area contributed by atoms with Crippen LogP contribution in [-0.4, -0.2) is 73.2 Å². The molecule has 3 aliphatic rings. The van der Waals surface area contributed by atoms with Gasteiger partial charge in [0.15, 0.2) is 20.5 Å². The highest BCUT2D eigenvalue weighted by Gasteiger charge is 2.66. The summed E-state index contributed by atoms with van der Waals surface area (Å²) in [5.41, 5.74) is 1.31. The Morgan fingerprint density at radius 3 is 2.51 bits per heavy atom. The van der Waals surface area contributed by atoms with Crippen molar-refractivity contribution in [3.8, 4) is 5.75 Å². The molecule has 0 unspecified atom stereocenters. The molecule has 3 aromatic carbocycles. The lowest BCUT2D eigenvalue weighted by Gasteiger charge is -2.33. The number of rotatable bonds is 10. The molecule has 1 spiro atoms. The topological polar surface area (TPSA) is 120 Å². The molecule has 1 fully saturated rings. The van der Waals surface area contributed by atoms with E-state index < -0.39 is 31.5 Å². The number of carbonyl (C=O) groups excluding carboxylic acids is 3. The summed E-state index contributed by atoms with van der Waals surface area (Å²) in [7, 11) is -3.05. The van der Waals surface area contributed by atoms with E-state index in [1.807, 2.05) is 80.7 Å². The van der Waals surface area contributed by atoms with E-state index in [-0.39, 0.29) is 50.4 Å². The van der Waals surface area contributed by atoms with Crippen LogP contribution in [0.25, 0.3) is 0 Å². The van der Waals surface area contributed by atoms with Gasteiger partial charge in [-0.3, -0.25) is 19.3 Å². The zero-order chi connectivity index (χ0) is 33.5. The van der Waals surface area contributed by atoms with Gasteiger partial charge in [0.05, 0.1) is 30.5 Å². The number of amides is 3. The Morgan fingerprint density at radius 1 is 1.09 bits per heavy atom. The molecule has 6 rings (SSSR count). The highest BCUT2D eigenvalue weighted by atomic mass is 28.4. The van der Waals surface area contributed by atoms with Crippen LogP contribution < -0.4 is 14.5 Å². The SMILES string of the molecule is C=CCN1C(=O)[C@@]2(O[C@@H](CC(=O)N(CCO)Cc3ccccc3)[C@H]([Si](C)(C)O)[C@H]2C)c2cc(N3C(=O)COc4ccccc43)ccc21. The van der Waals surface area contributed by atoms with Crippen molar-refractivity contribution in [1.29, 1.82) is 0 Å². The number of nitrogens with zero attached hydrogens (tertiary/aromatic N) is 3. The number of aliphatic hydroxyl groups is 1. The van der Waals surface area contributed by atoms with Crippen molar-refractivity contribution in [2.75, 3.05) is 36.1 Å². The molecule has 2 N–H and O–H groups in total. The molecule has 3 aromatic rings.